The van der Waals surface area contributed by atoms with Gasteiger partial charge in [-0.05, 0) is 18.1 Å². The lowest BCUT2D eigenvalue weighted by atomic mass is 10.2. The lowest BCUT2D eigenvalue weighted by molar-refractivity contribution is -0.131. The number of amides is 1. The predicted molar refractivity (Wildman–Crippen MR) is 108 cm³/mol. The summed E-state index contributed by atoms with van der Waals surface area (Å²) in [5.41, 5.74) is 1.03. The highest BCUT2D eigenvalue weighted by molar-refractivity contribution is 7.88. The second-order valence-corrected chi connectivity index (χ2v) is 9.29. The van der Waals surface area contributed by atoms with Crippen LogP contribution in [0.5, 0.6) is 5.75 Å². The molecular weight excluding hydrogens is 366 g/mol. The lowest BCUT2D eigenvalue weighted by Gasteiger charge is -2.37. The number of anilines is 1. The van der Waals surface area contributed by atoms with E-state index in [0.717, 1.165) is 24.5 Å². The number of ether oxygens (including phenoxy) is 1. The van der Waals surface area contributed by atoms with E-state index < -0.39 is 10.0 Å². The molecule has 2 rings (SSSR count). The molecule has 0 N–H and O–H groups in total. The van der Waals surface area contributed by atoms with Crippen molar-refractivity contribution < 1.29 is 17.9 Å². The highest BCUT2D eigenvalue weighted by Crippen LogP contribution is 2.28. The van der Waals surface area contributed by atoms with Crippen molar-refractivity contribution in [3.63, 3.8) is 0 Å². The van der Waals surface area contributed by atoms with Gasteiger partial charge in [-0.1, -0.05) is 26.0 Å². The van der Waals surface area contributed by atoms with Gasteiger partial charge in [0.15, 0.2) is 0 Å². The quantitative estimate of drug-likeness (QED) is 0.667. The van der Waals surface area contributed by atoms with Crippen LogP contribution in [0.3, 0.4) is 0 Å². The molecule has 0 bridgehead atoms. The number of hydrogen-bond donors (Lipinski definition) is 0. The fraction of sp³-hybridized carbons (Fsp3) is 0.632. The summed E-state index contributed by atoms with van der Waals surface area (Å²) in [6.07, 6.45) is 1.42. The van der Waals surface area contributed by atoms with E-state index in [1.807, 2.05) is 43.0 Å². The van der Waals surface area contributed by atoms with Crippen LogP contribution in [0.4, 0.5) is 5.69 Å². The van der Waals surface area contributed by atoms with Crippen molar-refractivity contribution in [2.24, 2.45) is 5.92 Å². The van der Waals surface area contributed by atoms with Gasteiger partial charge < -0.3 is 14.5 Å². The van der Waals surface area contributed by atoms with Crippen molar-refractivity contribution in [1.82, 2.24) is 9.21 Å². The second kappa shape index (κ2) is 9.41. The summed E-state index contributed by atoms with van der Waals surface area (Å²) in [7, 11) is -1.64. The van der Waals surface area contributed by atoms with Crippen LogP contribution >= 0.6 is 0 Å². The maximum absolute atomic E-state index is 12.5. The van der Waals surface area contributed by atoms with Crippen molar-refractivity contribution in [2.45, 2.75) is 20.3 Å². The fourth-order valence-electron chi connectivity index (χ4n) is 3.27. The molecule has 152 valence electrons. The van der Waals surface area contributed by atoms with E-state index in [2.05, 4.69) is 4.90 Å². The molecule has 8 heteroatoms. The van der Waals surface area contributed by atoms with Crippen molar-refractivity contribution in [2.75, 3.05) is 57.5 Å². The second-order valence-electron chi connectivity index (χ2n) is 7.30. The van der Waals surface area contributed by atoms with Crippen LogP contribution in [0, 0.1) is 5.92 Å². The number of para-hydroxylation sites is 2. The molecule has 0 spiro atoms. The van der Waals surface area contributed by atoms with Gasteiger partial charge in [0.2, 0.25) is 15.9 Å². The Balaban J connectivity index is 1.89. The minimum atomic E-state index is -3.30. The van der Waals surface area contributed by atoms with Gasteiger partial charge in [0.1, 0.15) is 5.75 Å². The predicted octanol–water partition coefficient (Wildman–Crippen LogP) is 1.65. The molecule has 1 aromatic rings. The summed E-state index contributed by atoms with van der Waals surface area (Å²) in [6.45, 7) is 7.33. The van der Waals surface area contributed by atoms with Gasteiger partial charge in [0.25, 0.3) is 0 Å². The third-order valence-corrected chi connectivity index (χ3v) is 5.94. The third-order valence-electron chi connectivity index (χ3n) is 4.67. The molecule has 27 heavy (non-hydrogen) atoms. The molecule has 0 atom stereocenters. The maximum Gasteiger partial charge on any atom is 0.224 e. The average molecular weight is 398 g/mol. The summed E-state index contributed by atoms with van der Waals surface area (Å²) in [4.78, 5) is 16.6. The number of benzene rings is 1. The monoisotopic (exact) mass is 397 g/mol. The minimum absolute atomic E-state index is 0.00656. The molecule has 0 aromatic heterocycles. The van der Waals surface area contributed by atoms with Crippen LogP contribution in [0.2, 0.25) is 0 Å². The van der Waals surface area contributed by atoms with E-state index in [-0.39, 0.29) is 24.8 Å². The number of methoxy groups -OCH3 is 1. The number of rotatable bonds is 8. The number of hydrogen-bond acceptors (Lipinski definition) is 5. The Kier molecular flexibility index (Phi) is 7.49. The van der Waals surface area contributed by atoms with E-state index in [9.17, 15) is 13.2 Å². The van der Waals surface area contributed by atoms with E-state index in [4.69, 9.17) is 4.74 Å². The van der Waals surface area contributed by atoms with Crippen molar-refractivity contribution in [3.8, 4) is 5.75 Å². The highest BCUT2D eigenvalue weighted by atomic mass is 32.2. The first kappa shape index (κ1) is 21.5. The van der Waals surface area contributed by atoms with Crippen molar-refractivity contribution in [3.05, 3.63) is 24.3 Å². The van der Waals surface area contributed by atoms with E-state index in [1.165, 1.54) is 10.6 Å². The first-order chi connectivity index (χ1) is 12.7. The van der Waals surface area contributed by atoms with Crippen LogP contribution in [0.15, 0.2) is 24.3 Å². The number of carbonyl (C=O) groups is 1. The number of carbonyl (C=O) groups excluding carboxylic acids is 1. The van der Waals surface area contributed by atoms with Gasteiger partial charge in [0.05, 0.1) is 19.1 Å². The molecule has 1 heterocycles. The van der Waals surface area contributed by atoms with Crippen molar-refractivity contribution in [1.29, 1.82) is 0 Å². The van der Waals surface area contributed by atoms with E-state index in [1.54, 1.807) is 7.11 Å². The molecular formula is C19H31N3O4S. The molecule has 1 saturated heterocycles. The minimum Gasteiger partial charge on any atom is -0.495 e. The molecule has 0 radical (unpaired) electrons. The van der Waals surface area contributed by atoms with E-state index in [0.29, 0.717) is 19.6 Å². The fourth-order valence-corrected chi connectivity index (χ4v) is 4.26. The largest absolute Gasteiger partial charge is 0.495 e. The number of nitrogens with zero attached hydrogens (tertiary/aromatic N) is 3. The topological polar surface area (TPSA) is 70.2 Å². The van der Waals surface area contributed by atoms with Gasteiger partial charge in [0, 0.05) is 45.7 Å². The standard InChI is InChI=1S/C19H31N3O4S/c1-16(2)15-22(27(4,24)25)10-9-19(23)21-13-11-20(12-14-21)17-7-5-6-8-18(17)26-3/h5-8,16H,9-15H2,1-4H3. The molecule has 0 aliphatic carbocycles. The Morgan fingerprint density at radius 3 is 2.37 bits per heavy atom. The Hall–Kier alpha value is -1.80. The van der Waals surface area contributed by atoms with Crippen LogP contribution in [0.1, 0.15) is 20.3 Å². The summed E-state index contributed by atoms with van der Waals surface area (Å²) < 4.78 is 30.6. The molecule has 1 aromatic carbocycles. The normalized spacial score (nSPS) is 15.5. The maximum atomic E-state index is 12.5. The number of sulfonamides is 1. The van der Waals surface area contributed by atoms with Gasteiger partial charge in [-0.3, -0.25) is 4.79 Å². The van der Waals surface area contributed by atoms with Crippen LogP contribution < -0.4 is 9.64 Å². The van der Waals surface area contributed by atoms with Crippen LogP contribution in [-0.4, -0.2) is 76.2 Å². The Morgan fingerprint density at radius 2 is 1.81 bits per heavy atom. The first-order valence-corrected chi connectivity index (χ1v) is 11.2. The molecule has 0 saturated carbocycles. The van der Waals surface area contributed by atoms with Gasteiger partial charge in [-0.25, -0.2) is 12.7 Å². The Labute approximate surface area is 162 Å². The van der Waals surface area contributed by atoms with Crippen LogP contribution in [0.25, 0.3) is 0 Å². The summed E-state index contributed by atoms with van der Waals surface area (Å²) in [6, 6.07) is 7.87. The van der Waals surface area contributed by atoms with Gasteiger partial charge in [-0.15, -0.1) is 0 Å². The Morgan fingerprint density at radius 1 is 1.19 bits per heavy atom. The molecule has 1 amide bonds. The first-order valence-electron chi connectivity index (χ1n) is 9.33. The van der Waals surface area contributed by atoms with E-state index >= 15 is 0 Å². The number of piperazine rings is 1. The van der Waals surface area contributed by atoms with Gasteiger partial charge in [-0.2, -0.15) is 0 Å². The lowest BCUT2D eigenvalue weighted by Crippen LogP contribution is -2.49. The molecule has 1 fully saturated rings. The summed E-state index contributed by atoms with van der Waals surface area (Å²) in [5, 5.41) is 0. The third kappa shape index (κ3) is 6.10. The summed E-state index contributed by atoms with van der Waals surface area (Å²) in [5.74, 6) is 1.06. The molecule has 7 nitrogen and oxygen atoms in total. The molecule has 0 unspecified atom stereocenters. The van der Waals surface area contributed by atoms with Crippen molar-refractivity contribution >= 4 is 21.6 Å². The zero-order chi connectivity index (χ0) is 20.0. The highest BCUT2D eigenvalue weighted by Gasteiger charge is 2.25. The molecule has 1 aliphatic rings. The smallest absolute Gasteiger partial charge is 0.224 e. The summed E-state index contributed by atoms with van der Waals surface area (Å²) >= 11 is 0. The zero-order valence-corrected chi connectivity index (χ0v) is 17.5. The average Bonchev–Trinajstić information content (AvgIpc) is 2.63. The Bertz CT molecular complexity index is 728. The van der Waals surface area contributed by atoms with Gasteiger partial charge >= 0.3 is 0 Å². The van der Waals surface area contributed by atoms with Crippen LogP contribution in [-0.2, 0) is 14.8 Å². The molecule has 1 aliphatic heterocycles. The zero-order valence-electron chi connectivity index (χ0n) is 16.7. The SMILES string of the molecule is COc1ccccc1N1CCN(C(=O)CCN(CC(C)C)S(C)(=O)=O)CC1.